The average Bonchev–Trinajstić information content (AvgIpc) is 3.44. The summed E-state index contributed by atoms with van der Waals surface area (Å²) in [4.78, 5) is 12.2. The molecule has 3 aromatic rings. The zero-order valence-electron chi connectivity index (χ0n) is 19.4. The number of methoxy groups -OCH3 is 1. The molecule has 1 saturated heterocycles. The monoisotopic (exact) mass is 462 g/mol. The molecule has 7 nitrogen and oxygen atoms in total. The maximum atomic E-state index is 13.6. The van der Waals surface area contributed by atoms with E-state index in [9.17, 15) is 9.50 Å². The molecular weight excluding hydrogens is 435 g/mol. The van der Waals surface area contributed by atoms with Crippen LogP contribution in [0, 0.1) is 12.7 Å². The fraction of sp³-hybridized carbons (Fsp3) is 0.308. The number of aliphatic hydroxyl groups is 1. The molecule has 2 unspecified atom stereocenters. The first-order chi connectivity index (χ1) is 16.4. The third kappa shape index (κ3) is 3.64. The number of aromatic nitrogens is 2. The lowest BCUT2D eigenvalue weighted by molar-refractivity contribution is -0.173. The summed E-state index contributed by atoms with van der Waals surface area (Å²) in [6, 6.07) is 12.0. The number of piperidine rings is 1. The summed E-state index contributed by atoms with van der Waals surface area (Å²) in [6.07, 6.45) is 6.58. The second kappa shape index (κ2) is 8.61. The third-order valence-corrected chi connectivity index (χ3v) is 6.40. The van der Waals surface area contributed by atoms with Crippen molar-refractivity contribution in [1.29, 1.82) is 0 Å². The molecule has 176 valence electrons. The van der Waals surface area contributed by atoms with Crippen LogP contribution in [0.4, 0.5) is 4.39 Å². The largest absolute Gasteiger partial charge is 0.495 e. The smallest absolute Gasteiger partial charge is 0.262 e. The van der Waals surface area contributed by atoms with Gasteiger partial charge in [0.2, 0.25) is 0 Å². The van der Waals surface area contributed by atoms with Gasteiger partial charge in [-0.1, -0.05) is 11.2 Å². The summed E-state index contributed by atoms with van der Waals surface area (Å²) in [7, 11) is 1.65. The van der Waals surface area contributed by atoms with Gasteiger partial charge in [0.05, 0.1) is 24.8 Å². The molecule has 5 rings (SSSR count). The van der Waals surface area contributed by atoms with Gasteiger partial charge >= 0.3 is 0 Å². The minimum Gasteiger partial charge on any atom is -0.495 e. The third-order valence-electron chi connectivity index (χ3n) is 6.40. The van der Waals surface area contributed by atoms with Crippen molar-refractivity contribution in [3.8, 4) is 11.4 Å². The molecule has 0 saturated carbocycles. The van der Waals surface area contributed by atoms with Crippen molar-refractivity contribution in [3.63, 3.8) is 0 Å². The summed E-state index contributed by atoms with van der Waals surface area (Å²) in [5.41, 5.74) is 3.27. The Kier molecular flexibility index (Phi) is 5.61. The van der Waals surface area contributed by atoms with Gasteiger partial charge in [-0.25, -0.2) is 9.37 Å². The van der Waals surface area contributed by atoms with E-state index in [2.05, 4.69) is 16.2 Å². The van der Waals surface area contributed by atoms with Crippen LogP contribution in [0.15, 0.2) is 65.7 Å². The summed E-state index contributed by atoms with van der Waals surface area (Å²) >= 11 is 0. The second-order valence-electron chi connectivity index (χ2n) is 8.66. The number of aryl methyl sites for hydroxylation is 1. The van der Waals surface area contributed by atoms with Gasteiger partial charge < -0.3 is 24.1 Å². The number of amidine groups is 1. The Morgan fingerprint density at radius 1 is 1.24 bits per heavy atom. The summed E-state index contributed by atoms with van der Waals surface area (Å²) in [6.45, 7) is 4.28. The standard InChI is InChI=1S/C26H27FN4O3/c1-17-15-30(16-28-17)23-11-6-19(14-24(23)33-3)13-20-5-4-12-31-25(20)29-34-26(31,18(2)32)21-7-9-22(27)10-8-21/h6-11,13-16,18,32H,4-5,12H2,1-3H3/b20-13+. The van der Waals surface area contributed by atoms with Gasteiger partial charge in [0.25, 0.3) is 5.72 Å². The number of oxime groups is 1. The van der Waals surface area contributed by atoms with Crippen LogP contribution in [0.2, 0.25) is 0 Å². The highest BCUT2D eigenvalue weighted by Gasteiger charge is 2.53. The van der Waals surface area contributed by atoms with E-state index in [-0.39, 0.29) is 5.82 Å². The fourth-order valence-electron chi connectivity index (χ4n) is 4.74. The van der Waals surface area contributed by atoms with Crippen LogP contribution in [0.1, 0.15) is 36.6 Å². The van der Waals surface area contributed by atoms with E-state index < -0.39 is 11.8 Å². The van der Waals surface area contributed by atoms with E-state index in [1.54, 1.807) is 32.5 Å². The predicted molar refractivity (Wildman–Crippen MR) is 127 cm³/mol. The molecule has 2 aliphatic heterocycles. The zero-order chi connectivity index (χ0) is 23.9. The molecule has 1 N–H and O–H groups in total. The van der Waals surface area contributed by atoms with E-state index in [0.717, 1.165) is 41.1 Å². The Labute approximate surface area is 197 Å². The predicted octanol–water partition coefficient (Wildman–Crippen LogP) is 4.39. The van der Waals surface area contributed by atoms with Crippen LogP contribution in [0.5, 0.6) is 5.75 Å². The Morgan fingerprint density at radius 3 is 2.71 bits per heavy atom. The van der Waals surface area contributed by atoms with Crippen molar-refractivity contribution in [2.45, 2.75) is 38.5 Å². The first-order valence-corrected chi connectivity index (χ1v) is 11.3. The molecule has 0 spiro atoms. The molecule has 0 radical (unpaired) electrons. The summed E-state index contributed by atoms with van der Waals surface area (Å²) < 4.78 is 21.1. The zero-order valence-corrected chi connectivity index (χ0v) is 19.4. The fourth-order valence-corrected chi connectivity index (χ4v) is 4.74. The molecule has 2 aromatic carbocycles. The Hall–Kier alpha value is -3.65. The second-order valence-corrected chi connectivity index (χ2v) is 8.66. The minimum absolute atomic E-state index is 0.342. The number of ether oxygens (including phenoxy) is 1. The highest BCUT2D eigenvalue weighted by Crippen LogP contribution is 2.43. The molecule has 0 bridgehead atoms. The number of aliphatic hydroxyl groups excluding tert-OH is 1. The number of fused-ring (bicyclic) bond motifs is 1. The Balaban J connectivity index is 1.49. The van der Waals surface area contributed by atoms with Gasteiger partial charge in [-0.15, -0.1) is 0 Å². The van der Waals surface area contributed by atoms with Crippen molar-refractivity contribution in [2.75, 3.05) is 13.7 Å². The van der Waals surface area contributed by atoms with Crippen LogP contribution in [0.25, 0.3) is 11.8 Å². The SMILES string of the molecule is COc1cc(/C=C2\CCCN3C2=NOC3(c2ccc(F)cc2)C(C)O)ccc1-n1cnc(C)c1. The maximum Gasteiger partial charge on any atom is 0.262 e. The van der Waals surface area contributed by atoms with Gasteiger partial charge in [0.1, 0.15) is 17.7 Å². The molecule has 1 aromatic heterocycles. The molecule has 8 heteroatoms. The lowest BCUT2D eigenvalue weighted by atomic mass is 9.91. The molecule has 2 aliphatic rings. The van der Waals surface area contributed by atoms with Gasteiger partial charge in [0, 0.05) is 18.3 Å². The minimum atomic E-state index is -1.19. The summed E-state index contributed by atoms with van der Waals surface area (Å²) in [5, 5.41) is 15.2. The van der Waals surface area contributed by atoms with Crippen molar-refractivity contribution in [3.05, 3.63) is 83.2 Å². The van der Waals surface area contributed by atoms with E-state index >= 15 is 0 Å². The molecule has 0 amide bonds. The number of hydrogen-bond donors (Lipinski definition) is 1. The van der Waals surface area contributed by atoms with Crippen LogP contribution >= 0.6 is 0 Å². The lowest BCUT2D eigenvalue weighted by Crippen LogP contribution is -2.54. The highest BCUT2D eigenvalue weighted by atomic mass is 19.1. The van der Waals surface area contributed by atoms with E-state index in [1.807, 2.05) is 40.8 Å². The molecule has 34 heavy (non-hydrogen) atoms. The van der Waals surface area contributed by atoms with E-state index in [4.69, 9.17) is 9.57 Å². The van der Waals surface area contributed by atoms with Crippen LogP contribution < -0.4 is 4.74 Å². The number of nitrogens with zero attached hydrogens (tertiary/aromatic N) is 4. The molecule has 3 heterocycles. The van der Waals surface area contributed by atoms with Gasteiger partial charge in [0.15, 0.2) is 5.84 Å². The Bertz CT molecular complexity index is 1270. The van der Waals surface area contributed by atoms with E-state index in [1.165, 1.54) is 12.1 Å². The molecule has 1 fully saturated rings. The Morgan fingerprint density at radius 2 is 2.03 bits per heavy atom. The average molecular weight is 463 g/mol. The first kappa shape index (κ1) is 22.2. The molecule has 2 atom stereocenters. The van der Waals surface area contributed by atoms with Crippen molar-refractivity contribution >= 4 is 11.9 Å². The normalized spacial score (nSPS) is 21.7. The number of halogens is 1. The van der Waals surface area contributed by atoms with Crippen LogP contribution in [0.3, 0.4) is 0 Å². The molecule has 0 aliphatic carbocycles. The van der Waals surface area contributed by atoms with E-state index in [0.29, 0.717) is 17.9 Å². The van der Waals surface area contributed by atoms with Crippen LogP contribution in [-0.2, 0) is 10.6 Å². The van der Waals surface area contributed by atoms with Crippen molar-refractivity contribution in [1.82, 2.24) is 14.5 Å². The van der Waals surface area contributed by atoms with Gasteiger partial charge in [-0.3, -0.25) is 0 Å². The van der Waals surface area contributed by atoms with Crippen molar-refractivity contribution in [2.24, 2.45) is 5.16 Å². The lowest BCUT2D eigenvalue weighted by Gasteiger charge is -2.41. The highest BCUT2D eigenvalue weighted by molar-refractivity contribution is 6.03. The quantitative estimate of drug-likeness (QED) is 0.609. The summed E-state index contributed by atoms with van der Waals surface area (Å²) in [5.74, 6) is 1.07. The van der Waals surface area contributed by atoms with Gasteiger partial charge in [-0.2, -0.15) is 0 Å². The number of imidazole rings is 1. The maximum absolute atomic E-state index is 13.6. The van der Waals surface area contributed by atoms with Gasteiger partial charge in [-0.05, 0) is 80.3 Å². The number of hydrogen-bond acceptors (Lipinski definition) is 6. The first-order valence-electron chi connectivity index (χ1n) is 11.3. The number of rotatable bonds is 5. The topological polar surface area (TPSA) is 72.1 Å². The van der Waals surface area contributed by atoms with Crippen molar-refractivity contribution < 1.29 is 19.1 Å². The molecular formula is C26H27FN4O3. The number of benzene rings is 2. The van der Waals surface area contributed by atoms with Crippen LogP contribution in [-0.4, -0.2) is 45.2 Å².